The number of nitrogens with zero attached hydrogens (tertiary/aromatic N) is 1. The van der Waals surface area contributed by atoms with Crippen molar-refractivity contribution in [2.75, 3.05) is 26.2 Å². The van der Waals surface area contributed by atoms with Gasteiger partial charge in [-0.25, -0.2) is 0 Å². The summed E-state index contributed by atoms with van der Waals surface area (Å²) >= 11 is 0. The number of nitrogens with two attached hydrogens (primary N) is 1. The fourth-order valence-electron chi connectivity index (χ4n) is 1.97. The molecule has 1 saturated heterocycles. The van der Waals surface area contributed by atoms with Crippen molar-refractivity contribution in [3.05, 3.63) is 0 Å². The van der Waals surface area contributed by atoms with E-state index in [-0.39, 0.29) is 12.0 Å². The Hall–Kier alpha value is -0.610. The Kier molecular flexibility index (Phi) is 6.42. The Balaban J connectivity index is 2.32. The van der Waals surface area contributed by atoms with Gasteiger partial charge in [0.15, 0.2) is 0 Å². The molecule has 4 nitrogen and oxygen atoms in total. The third-order valence-corrected chi connectivity index (χ3v) is 2.97. The van der Waals surface area contributed by atoms with Gasteiger partial charge in [0.25, 0.3) is 5.91 Å². The fourth-order valence-corrected chi connectivity index (χ4v) is 1.97. The number of morpholine rings is 1. The number of rotatable bonds is 7. The van der Waals surface area contributed by atoms with Crippen LogP contribution in [0.15, 0.2) is 0 Å². The first-order valence-corrected chi connectivity index (χ1v) is 6.40. The highest BCUT2D eigenvalue weighted by Crippen LogP contribution is 2.13. The van der Waals surface area contributed by atoms with Crippen molar-refractivity contribution in [3.63, 3.8) is 0 Å². The lowest BCUT2D eigenvalue weighted by molar-refractivity contribution is -0.153. The van der Waals surface area contributed by atoms with Crippen molar-refractivity contribution in [3.8, 4) is 0 Å². The third kappa shape index (κ3) is 4.10. The topological polar surface area (TPSA) is 55.6 Å². The Bertz CT molecular complexity index is 209. The van der Waals surface area contributed by atoms with E-state index >= 15 is 0 Å². The van der Waals surface area contributed by atoms with Crippen LogP contribution in [0.3, 0.4) is 0 Å². The van der Waals surface area contributed by atoms with E-state index in [1.54, 1.807) is 0 Å². The molecule has 0 aromatic heterocycles. The molecule has 0 radical (unpaired) electrons. The van der Waals surface area contributed by atoms with Crippen LogP contribution >= 0.6 is 0 Å². The maximum absolute atomic E-state index is 12.0. The van der Waals surface area contributed by atoms with E-state index in [4.69, 9.17) is 10.5 Å². The molecule has 0 saturated carbocycles. The smallest absolute Gasteiger partial charge is 0.251 e. The van der Waals surface area contributed by atoms with Crippen molar-refractivity contribution in [1.82, 2.24) is 4.90 Å². The summed E-state index contributed by atoms with van der Waals surface area (Å²) in [6.07, 6.45) is 4.87. The number of ether oxygens (including phenoxy) is 1. The van der Waals surface area contributed by atoms with E-state index < -0.39 is 0 Å². The number of hydrogen-bond donors (Lipinski definition) is 1. The van der Waals surface area contributed by atoms with Crippen LogP contribution in [0.2, 0.25) is 0 Å². The number of carbonyl (C=O) groups excluding carboxylic acids is 1. The van der Waals surface area contributed by atoms with E-state index in [1.807, 2.05) is 4.90 Å². The summed E-state index contributed by atoms with van der Waals surface area (Å²) in [5.74, 6) is 0.163. The van der Waals surface area contributed by atoms with E-state index in [0.29, 0.717) is 13.2 Å². The minimum atomic E-state index is -0.237. The SMILES string of the molecule is CCCCCN1CCOC(CCCN)C1=O. The first-order chi connectivity index (χ1) is 7.79. The highest BCUT2D eigenvalue weighted by molar-refractivity contribution is 5.81. The maximum atomic E-state index is 12.0. The van der Waals surface area contributed by atoms with Gasteiger partial charge >= 0.3 is 0 Å². The highest BCUT2D eigenvalue weighted by atomic mass is 16.5. The summed E-state index contributed by atoms with van der Waals surface area (Å²) in [6, 6.07) is 0. The maximum Gasteiger partial charge on any atom is 0.251 e. The summed E-state index contributed by atoms with van der Waals surface area (Å²) < 4.78 is 5.48. The summed E-state index contributed by atoms with van der Waals surface area (Å²) in [7, 11) is 0. The molecular weight excluding hydrogens is 204 g/mol. The molecule has 0 spiro atoms. The summed E-state index contributed by atoms with van der Waals surface area (Å²) in [5.41, 5.74) is 5.44. The molecule has 1 atom stereocenters. The van der Waals surface area contributed by atoms with Gasteiger partial charge in [-0.3, -0.25) is 4.79 Å². The van der Waals surface area contributed by atoms with E-state index in [0.717, 1.165) is 32.4 Å². The quantitative estimate of drug-likeness (QED) is 0.665. The van der Waals surface area contributed by atoms with Gasteiger partial charge in [-0.05, 0) is 25.8 Å². The number of unbranched alkanes of at least 4 members (excludes halogenated alkanes) is 2. The van der Waals surface area contributed by atoms with Gasteiger partial charge in [-0.15, -0.1) is 0 Å². The number of amides is 1. The zero-order valence-corrected chi connectivity index (χ0v) is 10.3. The zero-order valence-electron chi connectivity index (χ0n) is 10.3. The second-order valence-corrected chi connectivity index (χ2v) is 4.32. The summed E-state index contributed by atoms with van der Waals surface area (Å²) in [6.45, 7) is 5.11. The monoisotopic (exact) mass is 228 g/mol. The Morgan fingerprint density at radius 1 is 1.44 bits per heavy atom. The Labute approximate surface area is 98.1 Å². The normalized spacial score (nSPS) is 21.5. The minimum Gasteiger partial charge on any atom is -0.367 e. The third-order valence-electron chi connectivity index (χ3n) is 2.97. The largest absolute Gasteiger partial charge is 0.367 e. The van der Waals surface area contributed by atoms with Crippen molar-refractivity contribution < 1.29 is 9.53 Å². The van der Waals surface area contributed by atoms with Crippen LogP contribution in [0, 0.1) is 0 Å². The summed E-state index contributed by atoms with van der Waals surface area (Å²) in [5, 5.41) is 0. The molecule has 0 aromatic rings. The standard InChI is InChI=1S/C12H24N2O2/c1-2-3-4-8-14-9-10-16-11(12(14)15)6-5-7-13/h11H,2-10,13H2,1H3. The zero-order chi connectivity index (χ0) is 11.8. The van der Waals surface area contributed by atoms with Crippen LogP contribution in [-0.4, -0.2) is 43.2 Å². The van der Waals surface area contributed by atoms with Crippen LogP contribution in [0.25, 0.3) is 0 Å². The average molecular weight is 228 g/mol. The molecule has 1 heterocycles. The Morgan fingerprint density at radius 2 is 2.25 bits per heavy atom. The van der Waals surface area contributed by atoms with Crippen molar-refractivity contribution in [2.45, 2.75) is 45.1 Å². The molecule has 4 heteroatoms. The van der Waals surface area contributed by atoms with Gasteiger partial charge in [0.05, 0.1) is 6.61 Å². The van der Waals surface area contributed by atoms with Gasteiger partial charge < -0.3 is 15.4 Å². The molecule has 94 valence electrons. The van der Waals surface area contributed by atoms with Gasteiger partial charge in [0.1, 0.15) is 6.10 Å². The van der Waals surface area contributed by atoms with Gasteiger partial charge in [0, 0.05) is 13.1 Å². The van der Waals surface area contributed by atoms with Crippen LogP contribution in [0.1, 0.15) is 39.0 Å². The lowest BCUT2D eigenvalue weighted by atomic mass is 10.1. The molecule has 1 fully saturated rings. The second kappa shape index (κ2) is 7.63. The van der Waals surface area contributed by atoms with Crippen LogP contribution in [-0.2, 0) is 9.53 Å². The number of hydrogen-bond acceptors (Lipinski definition) is 3. The van der Waals surface area contributed by atoms with Crippen molar-refractivity contribution >= 4 is 5.91 Å². The highest BCUT2D eigenvalue weighted by Gasteiger charge is 2.28. The molecule has 1 aliphatic heterocycles. The Morgan fingerprint density at radius 3 is 2.94 bits per heavy atom. The molecular formula is C12H24N2O2. The van der Waals surface area contributed by atoms with Crippen molar-refractivity contribution in [2.24, 2.45) is 5.73 Å². The first-order valence-electron chi connectivity index (χ1n) is 6.40. The molecule has 1 aliphatic rings. The molecule has 0 bridgehead atoms. The van der Waals surface area contributed by atoms with E-state index in [9.17, 15) is 4.79 Å². The van der Waals surface area contributed by atoms with E-state index in [2.05, 4.69) is 6.92 Å². The molecule has 2 N–H and O–H groups in total. The van der Waals surface area contributed by atoms with Gasteiger partial charge in [-0.1, -0.05) is 19.8 Å². The van der Waals surface area contributed by atoms with E-state index in [1.165, 1.54) is 12.8 Å². The van der Waals surface area contributed by atoms with Crippen LogP contribution in [0.5, 0.6) is 0 Å². The van der Waals surface area contributed by atoms with Gasteiger partial charge in [-0.2, -0.15) is 0 Å². The molecule has 0 aliphatic carbocycles. The molecule has 1 unspecified atom stereocenters. The lowest BCUT2D eigenvalue weighted by Gasteiger charge is -2.32. The lowest BCUT2D eigenvalue weighted by Crippen LogP contribution is -2.48. The molecule has 1 rings (SSSR count). The molecule has 1 amide bonds. The minimum absolute atomic E-state index is 0.163. The molecule has 16 heavy (non-hydrogen) atoms. The first kappa shape index (κ1) is 13.5. The predicted octanol–water partition coefficient (Wildman–Crippen LogP) is 1.14. The van der Waals surface area contributed by atoms with Gasteiger partial charge in [0.2, 0.25) is 0 Å². The average Bonchev–Trinajstić information content (AvgIpc) is 2.30. The van der Waals surface area contributed by atoms with Crippen molar-refractivity contribution in [1.29, 1.82) is 0 Å². The summed E-state index contributed by atoms with van der Waals surface area (Å²) in [4.78, 5) is 13.9. The van der Waals surface area contributed by atoms with Crippen LogP contribution in [0.4, 0.5) is 0 Å². The van der Waals surface area contributed by atoms with Crippen LogP contribution < -0.4 is 5.73 Å². The molecule has 0 aromatic carbocycles. The predicted molar refractivity (Wildman–Crippen MR) is 64.1 cm³/mol. The number of carbonyl (C=O) groups is 1. The fraction of sp³-hybridized carbons (Fsp3) is 0.917. The second-order valence-electron chi connectivity index (χ2n) is 4.32.